The van der Waals surface area contributed by atoms with E-state index in [4.69, 9.17) is 4.74 Å². The van der Waals surface area contributed by atoms with E-state index in [0.717, 1.165) is 25.2 Å². The zero-order chi connectivity index (χ0) is 13.3. The van der Waals surface area contributed by atoms with Gasteiger partial charge in [0.25, 0.3) is 0 Å². The number of aryl methyl sites for hydroxylation is 2. The van der Waals surface area contributed by atoms with Gasteiger partial charge in [-0.15, -0.1) is 5.10 Å². The van der Waals surface area contributed by atoms with Gasteiger partial charge in [-0.1, -0.05) is 18.1 Å². The van der Waals surface area contributed by atoms with Gasteiger partial charge in [-0.3, -0.25) is 4.68 Å². The minimum absolute atomic E-state index is 0.539. The van der Waals surface area contributed by atoms with Crippen LogP contribution in [0.15, 0.2) is 30.7 Å². The van der Waals surface area contributed by atoms with Gasteiger partial charge in [0.15, 0.2) is 0 Å². The standard InChI is InChI=1S/C14H22N4O/c1-19-13-14-12-18(16-15-14)11-5-3-2-4-8-17-9-6-7-10-17/h6-7,9-10,12H,2-5,8,11,13H2,1H3. The number of methoxy groups -OCH3 is 1. The number of rotatable bonds is 9. The third-order valence-electron chi connectivity index (χ3n) is 3.10. The molecule has 104 valence electrons. The molecule has 0 atom stereocenters. The first kappa shape index (κ1) is 13.8. The lowest BCUT2D eigenvalue weighted by Crippen LogP contribution is -1.99. The average molecular weight is 262 g/mol. The predicted molar refractivity (Wildman–Crippen MR) is 73.6 cm³/mol. The second-order valence-corrected chi connectivity index (χ2v) is 4.74. The summed E-state index contributed by atoms with van der Waals surface area (Å²) in [5, 5.41) is 8.12. The fourth-order valence-electron chi connectivity index (χ4n) is 2.10. The molecule has 5 heteroatoms. The van der Waals surface area contributed by atoms with E-state index >= 15 is 0 Å². The third-order valence-corrected chi connectivity index (χ3v) is 3.10. The van der Waals surface area contributed by atoms with Crippen molar-refractivity contribution in [2.45, 2.75) is 45.4 Å². The molecule has 2 rings (SSSR count). The van der Waals surface area contributed by atoms with Gasteiger partial charge in [-0.2, -0.15) is 0 Å². The van der Waals surface area contributed by atoms with Gasteiger partial charge < -0.3 is 9.30 Å². The molecular weight excluding hydrogens is 240 g/mol. The molecule has 0 saturated carbocycles. The van der Waals surface area contributed by atoms with Crippen molar-refractivity contribution in [1.82, 2.24) is 19.6 Å². The van der Waals surface area contributed by atoms with E-state index in [2.05, 4.69) is 39.4 Å². The number of aromatic nitrogens is 4. The Kier molecular flexibility index (Phi) is 5.62. The number of unbranched alkanes of at least 4 members (excludes halogenated alkanes) is 3. The molecule has 0 fully saturated rings. The summed E-state index contributed by atoms with van der Waals surface area (Å²) in [5.74, 6) is 0. The molecule has 0 aromatic carbocycles. The molecule has 0 radical (unpaired) electrons. The lowest BCUT2D eigenvalue weighted by molar-refractivity contribution is 0.181. The largest absolute Gasteiger partial charge is 0.378 e. The number of ether oxygens (including phenoxy) is 1. The van der Waals surface area contributed by atoms with Crippen molar-refractivity contribution < 1.29 is 4.74 Å². The molecule has 0 aliphatic rings. The maximum atomic E-state index is 5.02. The summed E-state index contributed by atoms with van der Waals surface area (Å²) in [4.78, 5) is 0. The molecule has 0 aliphatic heterocycles. The second-order valence-electron chi connectivity index (χ2n) is 4.74. The molecular formula is C14H22N4O. The van der Waals surface area contributed by atoms with E-state index in [-0.39, 0.29) is 0 Å². The summed E-state index contributed by atoms with van der Waals surface area (Å²) in [6.45, 7) is 2.60. The number of nitrogens with zero attached hydrogens (tertiary/aromatic N) is 4. The maximum absolute atomic E-state index is 5.02. The second kappa shape index (κ2) is 7.74. The summed E-state index contributed by atoms with van der Waals surface area (Å²) in [7, 11) is 1.67. The molecule has 0 spiro atoms. The van der Waals surface area contributed by atoms with Crippen LogP contribution < -0.4 is 0 Å². The van der Waals surface area contributed by atoms with Gasteiger partial charge in [0.1, 0.15) is 5.69 Å². The summed E-state index contributed by atoms with van der Waals surface area (Å²) in [5.41, 5.74) is 0.898. The van der Waals surface area contributed by atoms with E-state index in [1.807, 2.05) is 10.9 Å². The Balaban J connectivity index is 1.53. The van der Waals surface area contributed by atoms with Crippen molar-refractivity contribution in [3.63, 3.8) is 0 Å². The van der Waals surface area contributed by atoms with Crippen LogP contribution in [-0.4, -0.2) is 26.7 Å². The average Bonchev–Trinajstić information content (AvgIpc) is 3.06. The highest BCUT2D eigenvalue weighted by molar-refractivity contribution is 4.90. The van der Waals surface area contributed by atoms with Gasteiger partial charge >= 0.3 is 0 Å². The zero-order valence-electron chi connectivity index (χ0n) is 11.5. The van der Waals surface area contributed by atoms with Crippen molar-refractivity contribution in [2.75, 3.05) is 7.11 Å². The highest BCUT2D eigenvalue weighted by atomic mass is 16.5. The fourth-order valence-corrected chi connectivity index (χ4v) is 2.10. The van der Waals surface area contributed by atoms with Gasteiger partial charge in [-0.05, 0) is 25.0 Å². The highest BCUT2D eigenvalue weighted by Crippen LogP contribution is 2.05. The summed E-state index contributed by atoms with van der Waals surface area (Å²) in [6.07, 6.45) is 11.1. The molecule has 0 saturated heterocycles. The highest BCUT2D eigenvalue weighted by Gasteiger charge is 1.99. The Morgan fingerprint density at radius 3 is 2.53 bits per heavy atom. The molecule has 19 heavy (non-hydrogen) atoms. The molecule has 0 aliphatic carbocycles. The van der Waals surface area contributed by atoms with Crippen molar-refractivity contribution in [3.8, 4) is 0 Å². The van der Waals surface area contributed by atoms with E-state index in [9.17, 15) is 0 Å². The fraction of sp³-hybridized carbons (Fsp3) is 0.571. The van der Waals surface area contributed by atoms with Gasteiger partial charge in [0, 0.05) is 32.6 Å². The zero-order valence-corrected chi connectivity index (χ0v) is 11.5. The molecule has 0 N–H and O–H groups in total. The minimum Gasteiger partial charge on any atom is -0.378 e. The van der Waals surface area contributed by atoms with Crippen molar-refractivity contribution in [2.24, 2.45) is 0 Å². The third kappa shape index (κ3) is 4.87. The predicted octanol–water partition coefficient (Wildman–Crippen LogP) is 2.49. The SMILES string of the molecule is COCc1cn(CCCCCCn2cccc2)nn1. The van der Waals surface area contributed by atoms with Crippen LogP contribution >= 0.6 is 0 Å². The first-order valence-corrected chi connectivity index (χ1v) is 6.87. The Labute approximate surface area is 114 Å². The monoisotopic (exact) mass is 262 g/mol. The summed E-state index contributed by atoms with van der Waals surface area (Å²) >= 11 is 0. The molecule has 5 nitrogen and oxygen atoms in total. The van der Waals surface area contributed by atoms with Crippen LogP contribution in [0.4, 0.5) is 0 Å². The van der Waals surface area contributed by atoms with Gasteiger partial charge in [-0.25, -0.2) is 0 Å². The molecule has 2 aromatic rings. The quantitative estimate of drug-likeness (QED) is 0.652. The lowest BCUT2D eigenvalue weighted by Gasteiger charge is -2.03. The topological polar surface area (TPSA) is 44.9 Å². The molecule has 2 aromatic heterocycles. The lowest BCUT2D eigenvalue weighted by atomic mass is 10.2. The molecule has 0 amide bonds. The van der Waals surface area contributed by atoms with Gasteiger partial charge in [0.05, 0.1) is 12.8 Å². The molecule has 0 bridgehead atoms. The smallest absolute Gasteiger partial charge is 0.108 e. The van der Waals surface area contributed by atoms with Gasteiger partial charge in [0.2, 0.25) is 0 Å². The van der Waals surface area contributed by atoms with Crippen LogP contribution in [0.5, 0.6) is 0 Å². The maximum Gasteiger partial charge on any atom is 0.108 e. The molecule has 0 unspecified atom stereocenters. The van der Waals surface area contributed by atoms with Crippen LogP contribution in [0.2, 0.25) is 0 Å². The van der Waals surface area contributed by atoms with E-state index in [1.165, 1.54) is 19.3 Å². The van der Waals surface area contributed by atoms with Crippen molar-refractivity contribution >= 4 is 0 Å². The first-order chi connectivity index (χ1) is 9.38. The Bertz CT molecular complexity index is 450. The van der Waals surface area contributed by atoms with Crippen molar-refractivity contribution in [3.05, 3.63) is 36.4 Å². The van der Waals surface area contributed by atoms with E-state index < -0.39 is 0 Å². The Morgan fingerprint density at radius 2 is 1.79 bits per heavy atom. The Hall–Kier alpha value is -1.62. The van der Waals surface area contributed by atoms with Crippen LogP contribution in [0.25, 0.3) is 0 Å². The van der Waals surface area contributed by atoms with Crippen molar-refractivity contribution in [1.29, 1.82) is 0 Å². The van der Waals surface area contributed by atoms with Crippen LogP contribution in [0.3, 0.4) is 0 Å². The summed E-state index contributed by atoms with van der Waals surface area (Å²) < 4.78 is 9.15. The normalized spacial score (nSPS) is 11.0. The first-order valence-electron chi connectivity index (χ1n) is 6.87. The van der Waals surface area contributed by atoms with Crippen LogP contribution in [-0.2, 0) is 24.4 Å². The number of hydrogen-bond acceptors (Lipinski definition) is 3. The van der Waals surface area contributed by atoms with E-state index in [0.29, 0.717) is 6.61 Å². The minimum atomic E-state index is 0.539. The van der Waals surface area contributed by atoms with Crippen LogP contribution in [0, 0.1) is 0 Å². The van der Waals surface area contributed by atoms with Crippen LogP contribution in [0.1, 0.15) is 31.4 Å². The Morgan fingerprint density at radius 1 is 1.05 bits per heavy atom. The summed E-state index contributed by atoms with van der Waals surface area (Å²) in [6, 6.07) is 4.14. The molecule has 2 heterocycles. The number of hydrogen-bond donors (Lipinski definition) is 0. The van der Waals surface area contributed by atoms with E-state index in [1.54, 1.807) is 7.11 Å².